The molecule has 1 unspecified atom stereocenters. The fraction of sp³-hybridized carbons (Fsp3) is 0.462. The van der Waals surface area contributed by atoms with Gasteiger partial charge in [0.15, 0.2) is 0 Å². The van der Waals surface area contributed by atoms with E-state index >= 15 is 0 Å². The van der Waals surface area contributed by atoms with Gasteiger partial charge in [-0.2, -0.15) is 0 Å². The maximum absolute atomic E-state index is 10.2. The Morgan fingerprint density at radius 1 is 1.47 bits per heavy atom. The molecular weight excluding hydrogens is 282 g/mol. The van der Waals surface area contributed by atoms with E-state index < -0.39 is 5.97 Å². The monoisotopic (exact) mass is 301 g/mol. The van der Waals surface area contributed by atoms with Crippen LogP contribution in [0.15, 0.2) is 28.7 Å². The van der Waals surface area contributed by atoms with Crippen molar-refractivity contribution in [2.45, 2.75) is 13.8 Å². The zero-order valence-corrected chi connectivity index (χ0v) is 12.4. The second-order valence-electron chi connectivity index (χ2n) is 4.30. The Bertz CT molecular complexity index is 336. The van der Waals surface area contributed by atoms with E-state index in [-0.39, 0.29) is 5.92 Å². The number of carbonyl (C=O) groups is 1. The Kier molecular flexibility index (Phi) is 7.83. The highest BCUT2D eigenvalue weighted by atomic mass is 79.9. The van der Waals surface area contributed by atoms with E-state index in [1.807, 2.05) is 31.1 Å². The fourth-order valence-electron chi connectivity index (χ4n) is 1.23. The molecule has 1 aromatic rings. The SMILES string of the molecule is CC(CN(C)C)C(=O)O.Cc1cccc(Br)c1. The van der Waals surface area contributed by atoms with Crippen LogP contribution in [0.3, 0.4) is 0 Å². The molecule has 1 atom stereocenters. The summed E-state index contributed by atoms with van der Waals surface area (Å²) in [6.07, 6.45) is 0. The van der Waals surface area contributed by atoms with Crippen molar-refractivity contribution >= 4 is 21.9 Å². The normalized spacial score (nSPS) is 11.6. The van der Waals surface area contributed by atoms with Crippen LogP contribution in [0.5, 0.6) is 0 Å². The van der Waals surface area contributed by atoms with E-state index in [1.54, 1.807) is 6.92 Å². The van der Waals surface area contributed by atoms with Crippen molar-refractivity contribution < 1.29 is 9.90 Å². The largest absolute Gasteiger partial charge is 0.481 e. The maximum Gasteiger partial charge on any atom is 0.307 e. The van der Waals surface area contributed by atoms with Gasteiger partial charge in [0.25, 0.3) is 0 Å². The molecule has 0 aromatic heterocycles. The van der Waals surface area contributed by atoms with E-state index in [0.29, 0.717) is 6.54 Å². The fourth-order valence-corrected chi connectivity index (χ4v) is 1.75. The summed E-state index contributed by atoms with van der Waals surface area (Å²) >= 11 is 3.36. The van der Waals surface area contributed by atoms with Gasteiger partial charge in [0.05, 0.1) is 5.92 Å². The van der Waals surface area contributed by atoms with Crippen LogP contribution in [0.25, 0.3) is 0 Å². The summed E-state index contributed by atoms with van der Waals surface area (Å²) in [5.74, 6) is -0.997. The Morgan fingerprint density at radius 2 is 2.06 bits per heavy atom. The standard InChI is InChI=1S/C7H7Br.C6H13NO2/c1-6-3-2-4-7(8)5-6;1-5(6(8)9)4-7(2)3/h2-5H,1H3;5H,4H2,1-3H3,(H,8,9). The van der Waals surface area contributed by atoms with Crippen molar-refractivity contribution in [2.24, 2.45) is 5.92 Å². The van der Waals surface area contributed by atoms with Gasteiger partial charge in [0.1, 0.15) is 0 Å². The van der Waals surface area contributed by atoms with Crippen molar-refractivity contribution in [1.29, 1.82) is 0 Å². The molecule has 0 aliphatic rings. The lowest BCUT2D eigenvalue weighted by molar-refractivity contribution is -0.141. The summed E-state index contributed by atoms with van der Waals surface area (Å²) in [7, 11) is 3.72. The molecule has 0 bridgehead atoms. The van der Waals surface area contributed by atoms with Gasteiger partial charge in [0.2, 0.25) is 0 Å². The zero-order chi connectivity index (χ0) is 13.4. The lowest BCUT2D eigenvalue weighted by Gasteiger charge is -2.11. The summed E-state index contributed by atoms with van der Waals surface area (Å²) in [5.41, 5.74) is 1.29. The summed E-state index contributed by atoms with van der Waals surface area (Å²) in [5, 5.41) is 8.40. The number of halogens is 1. The molecule has 1 rings (SSSR count). The predicted octanol–water partition coefficient (Wildman–Crippen LogP) is 3.03. The third-order valence-corrected chi connectivity index (χ3v) is 2.53. The van der Waals surface area contributed by atoms with E-state index in [9.17, 15) is 4.79 Å². The molecule has 96 valence electrons. The second-order valence-corrected chi connectivity index (χ2v) is 5.22. The van der Waals surface area contributed by atoms with E-state index in [0.717, 1.165) is 4.47 Å². The van der Waals surface area contributed by atoms with E-state index in [1.165, 1.54) is 5.56 Å². The summed E-state index contributed by atoms with van der Waals surface area (Å²) in [4.78, 5) is 12.1. The first kappa shape index (κ1) is 16.1. The van der Waals surface area contributed by atoms with E-state index in [2.05, 4.69) is 35.0 Å². The first-order valence-corrected chi connectivity index (χ1v) is 6.22. The molecule has 0 amide bonds. The Balaban J connectivity index is 0.000000302. The third kappa shape index (κ3) is 8.89. The molecule has 0 aliphatic carbocycles. The maximum atomic E-state index is 10.2. The molecule has 0 aliphatic heterocycles. The molecule has 0 spiro atoms. The number of hydrogen-bond donors (Lipinski definition) is 1. The minimum atomic E-state index is -0.733. The Labute approximate surface area is 112 Å². The van der Waals surface area contributed by atoms with Crippen LogP contribution in [0.4, 0.5) is 0 Å². The average molecular weight is 302 g/mol. The number of carboxylic acid groups (broad SMARTS) is 1. The van der Waals surface area contributed by atoms with Gasteiger partial charge in [-0.3, -0.25) is 4.79 Å². The summed E-state index contributed by atoms with van der Waals surface area (Å²) in [6, 6.07) is 8.21. The van der Waals surface area contributed by atoms with Crippen LogP contribution in [0, 0.1) is 12.8 Å². The van der Waals surface area contributed by atoms with Gasteiger partial charge >= 0.3 is 5.97 Å². The minimum Gasteiger partial charge on any atom is -0.481 e. The second kappa shape index (κ2) is 8.25. The van der Waals surface area contributed by atoms with Gasteiger partial charge in [-0.15, -0.1) is 0 Å². The van der Waals surface area contributed by atoms with Crippen molar-refractivity contribution in [3.8, 4) is 0 Å². The summed E-state index contributed by atoms with van der Waals surface area (Å²) in [6.45, 7) is 4.38. The third-order valence-electron chi connectivity index (χ3n) is 2.04. The number of rotatable bonds is 3. The van der Waals surface area contributed by atoms with Crippen molar-refractivity contribution in [2.75, 3.05) is 20.6 Å². The molecule has 1 aromatic carbocycles. The van der Waals surface area contributed by atoms with Crippen LogP contribution < -0.4 is 0 Å². The first-order chi connectivity index (χ1) is 7.82. The molecule has 1 N–H and O–H groups in total. The van der Waals surface area contributed by atoms with Gasteiger partial charge in [-0.1, -0.05) is 40.5 Å². The Hall–Kier alpha value is -0.870. The van der Waals surface area contributed by atoms with Gasteiger partial charge in [-0.05, 0) is 33.2 Å². The minimum absolute atomic E-state index is 0.264. The predicted molar refractivity (Wildman–Crippen MR) is 74.2 cm³/mol. The lowest BCUT2D eigenvalue weighted by atomic mass is 10.2. The number of aryl methyl sites for hydroxylation is 1. The van der Waals surface area contributed by atoms with E-state index in [4.69, 9.17) is 5.11 Å². The van der Waals surface area contributed by atoms with Crippen LogP contribution in [0.1, 0.15) is 12.5 Å². The number of benzene rings is 1. The highest BCUT2D eigenvalue weighted by Gasteiger charge is 2.10. The molecule has 17 heavy (non-hydrogen) atoms. The lowest BCUT2D eigenvalue weighted by Crippen LogP contribution is -2.25. The van der Waals surface area contributed by atoms with Gasteiger partial charge in [0, 0.05) is 11.0 Å². The van der Waals surface area contributed by atoms with Crippen molar-refractivity contribution in [1.82, 2.24) is 4.90 Å². The zero-order valence-electron chi connectivity index (χ0n) is 10.8. The molecular formula is C13H20BrNO2. The first-order valence-electron chi connectivity index (χ1n) is 5.42. The number of aliphatic carboxylic acids is 1. The highest BCUT2D eigenvalue weighted by molar-refractivity contribution is 9.10. The molecule has 3 nitrogen and oxygen atoms in total. The van der Waals surface area contributed by atoms with Gasteiger partial charge in [-0.25, -0.2) is 0 Å². The highest BCUT2D eigenvalue weighted by Crippen LogP contribution is 2.09. The molecule has 0 saturated heterocycles. The smallest absolute Gasteiger partial charge is 0.307 e. The van der Waals surface area contributed by atoms with Crippen LogP contribution in [0.2, 0.25) is 0 Å². The number of carboxylic acids is 1. The molecule has 0 fully saturated rings. The molecule has 0 radical (unpaired) electrons. The topological polar surface area (TPSA) is 40.5 Å². The Morgan fingerprint density at radius 3 is 2.29 bits per heavy atom. The van der Waals surface area contributed by atoms with Crippen molar-refractivity contribution in [3.63, 3.8) is 0 Å². The average Bonchev–Trinajstić information content (AvgIpc) is 2.16. The van der Waals surface area contributed by atoms with Crippen LogP contribution >= 0.6 is 15.9 Å². The number of hydrogen-bond acceptors (Lipinski definition) is 2. The molecule has 0 heterocycles. The van der Waals surface area contributed by atoms with Crippen molar-refractivity contribution in [3.05, 3.63) is 34.3 Å². The quantitative estimate of drug-likeness (QED) is 0.933. The molecule has 4 heteroatoms. The molecule has 0 saturated carbocycles. The van der Waals surface area contributed by atoms with Crippen LogP contribution in [-0.2, 0) is 4.79 Å². The van der Waals surface area contributed by atoms with Gasteiger partial charge < -0.3 is 10.0 Å². The summed E-state index contributed by atoms with van der Waals surface area (Å²) < 4.78 is 1.15. The van der Waals surface area contributed by atoms with Crippen LogP contribution in [-0.4, -0.2) is 36.6 Å². The number of nitrogens with zero attached hydrogens (tertiary/aromatic N) is 1.